The third kappa shape index (κ3) is 5.27. The quantitative estimate of drug-likeness (QED) is 0.570. The van der Waals surface area contributed by atoms with Crippen LogP contribution in [-0.4, -0.2) is 11.2 Å². The number of ether oxygens (including phenoxy) is 2. The lowest BCUT2D eigenvalue weighted by molar-refractivity contribution is 0.105. The molecule has 0 heterocycles. The Morgan fingerprint density at radius 2 is 1.00 bits per heavy atom. The van der Waals surface area contributed by atoms with Crippen molar-refractivity contribution in [3.05, 3.63) is 59.7 Å². The molecule has 0 aliphatic carbocycles. The van der Waals surface area contributed by atoms with Crippen LogP contribution in [0.25, 0.3) is 0 Å². The largest absolute Gasteiger partial charge is 0.488 e. The van der Waals surface area contributed by atoms with Gasteiger partial charge >= 0.3 is 0 Å². The van der Waals surface area contributed by atoms with E-state index in [4.69, 9.17) is 9.47 Å². The van der Waals surface area contributed by atoms with Crippen molar-refractivity contribution >= 4 is 0 Å². The van der Waals surface area contributed by atoms with Crippen LogP contribution in [0.5, 0.6) is 11.5 Å². The van der Waals surface area contributed by atoms with E-state index in [1.165, 1.54) is 11.1 Å². The smallest absolute Gasteiger partial charge is 0.120 e. The Morgan fingerprint density at radius 3 is 1.35 bits per heavy atom. The Kier molecular flexibility index (Phi) is 5.75. The molecule has 0 aromatic heterocycles. The molecular formula is C24H34O2. The van der Waals surface area contributed by atoms with Gasteiger partial charge in [-0.05, 0) is 76.4 Å². The molecular weight excluding hydrogens is 320 g/mol. The van der Waals surface area contributed by atoms with E-state index in [0.29, 0.717) is 0 Å². The van der Waals surface area contributed by atoms with Crippen molar-refractivity contribution < 1.29 is 9.47 Å². The molecule has 2 aromatic rings. The minimum Gasteiger partial charge on any atom is -0.488 e. The zero-order chi connectivity index (χ0) is 19.6. The van der Waals surface area contributed by atoms with E-state index in [2.05, 4.69) is 104 Å². The SMILES string of the molecule is CCC(C)(C)Oc1ccc(C(C)(C)c2ccc(OC(C)(C)C)cc2)cc1. The Hall–Kier alpha value is -1.96. The molecule has 142 valence electrons. The van der Waals surface area contributed by atoms with Gasteiger partial charge < -0.3 is 9.47 Å². The first-order chi connectivity index (χ1) is 11.9. The fourth-order valence-electron chi connectivity index (χ4n) is 2.79. The van der Waals surface area contributed by atoms with Gasteiger partial charge in [0.1, 0.15) is 22.7 Å². The highest BCUT2D eigenvalue weighted by Crippen LogP contribution is 2.34. The van der Waals surface area contributed by atoms with Gasteiger partial charge in [0.25, 0.3) is 0 Å². The summed E-state index contributed by atoms with van der Waals surface area (Å²) in [4.78, 5) is 0. The van der Waals surface area contributed by atoms with E-state index in [1.807, 2.05) is 0 Å². The van der Waals surface area contributed by atoms with Gasteiger partial charge in [0.2, 0.25) is 0 Å². The maximum absolute atomic E-state index is 6.07. The average Bonchev–Trinajstić information content (AvgIpc) is 2.54. The maximum Gasteiger partial charge on any atom is 0.120 e. The minimum atomic E-state index is -0.181. The maximum atomic E-state index is 6.07. The van der Waals surface area contributed by atoms with Crippen molar-refractivity contribution in [1.82, 2.24) is 0 Å². The zero-order valence-electron chi connectivity index (χ0n) is 17.6. The van der Waals surface area contributed by atoms with Crippen LogP contribution in [0.1, 0.15) is 72.9 Å². The number of hydrogen-bond acceptors (Lipinski definition) is 2. The van der Waals surface area contributed by atoms with Crippen molar-refractivity contribution in [2.24, 2.45) is 0 Å². The van der Waals surface area contributed by atoms with E-state index in [-0.39, 0.29) is 16.6 Å². The van der Waals surface area contributed by atoms with Gasteiger partial charge in [-0.3, -0.25) is 0 Å². The van der Waals surface area contributed by atoms with Crippen LogP contribution in [0, 0.1) is 0 Å². The first kappa shape index (κ1) is 20.4. The lowest BCUT2D eigenvalue weighted by atomic mass is 9.78. The molecule has 0 aliphatic rings. The topological polar surface area (TPSA) is 18.5 Å². The summed E-state index contributed by atoms with van der Waals surface area (Å²) in [6.45, 7) is 17.1. The first-order valence-electron chi connectivity index (χ1n) is 9.52. The molecule has 26 heavy (non-hydrogen) atoms. The van der Waals surface area contributed by atoms with Gasteiger partial charge in [0.15, 0.2) is 0 Å². The second-order valence-electron chi connectivity index (χ2n) is 9.10. The van der Waals surface area contributed by atoms with E-state index in [1.54, 1.807) is 0 Å². The summed E-state index contributed by atoms with van der Waals surface area (Å²) in [6, 6.07) is 16.9. The summed E-state index contributed by atoms with van der Waals surface area (Å²) in [6.07, 6.45) is 0.975. The second kappa shape index (κ2) is 7.34. The molecule has 2 heteroatoms. The van der Waals surface area contributed by atoms with Crippen LogP contribution in [-0.2, 0) is 5.41 Å². The predicted octanol–water partition coefficient (Wildman–Crippen LogP) is 6.76. The molecule has 2 nitrogen and oxygen atoms in total. The highest BCUT2D eigenvalue weighted by Gasteiger charge is 2.24. The summed E-state index contributed by atoms with van der Waals surface area (Å²) in [5.74, 6) is 1.83. The summed E-state index contributed by atoms with van der Waals surface area (Å²) >= 11 is 0. The second-order valence-corrected chi connectivity index (χ2v) is 9.10. The van der Waals surface area contributed by atoms with Crippen molar-refractivity contribution in [3.8, 4) is 11.5 Å². The lowest BCUT2D eigenvalue weighted by Crippen LogP contribution is -2.26. The highest BCUT2D eigenvalue weighted by atomic mass is 16.5. The molecule has 0 aliphatic heterocycles. The summed E-state index contributed by atoms with van der Waals surface area (Å²) in [7, 11) is 0. The molecule has 0 atom stereocenters. The predicted molar refractivity (Wildman–Crippen MR) is 110 cm³/mol. The number of hydrogen-bond donors (Lipinski definition) is 0. The molecule has 2 aromatic carbocycles. The van der Waals surface area contributed by atoms with Gasteiger partial charge in [0.05, 0.1) is 0 Å². The molecule has 0 bridgehead atoms. The lowest BCUT2D eigenvalue weighted by Gasteiger charge is -2.28. The molecule has 0 amide bonds. The summed E-state index contributed by atoms with van der Waals surface area (Å²) in [5.41, 5.74) is 2.13. The summed E-state index contributed by atoms with van der Waals surface area (Å²) in [5, 5.41) is 0. The molecule has 0 saturated heterocycles. The van der Waals surface area contributed by atoms with Crippen LogP contribution in [0.4, 0.5) is 0 Å². The monoisotopic (exact) mass is 354 g/mol. The van der Waals surface area contributed by atoms with Crippen molar-refractivity contribution in [1.29, 1.82) is 0 Å². The fraction of sp³-hybridized carbons (Fsp3) is 0.500. The van der Waals surface area contributed by atoms with Gasteiger partial charge in [-0.2, -0.15) is 0 Å². The normalized spacial score (nSPS) is 12.8. The molecule has 0 unspecified atom stereocenters. The molecule has 0 radical (unpaired) electrons. The fourth-order valence-corrected chi connectivity index (χ4v) is 2.79. The molecule has 0 saturated carbocycles. The number of benzene rings is 2. The Labute approximate surface area is 159 Å². The van der Waals surface area contributed by atoms with Crippen LogP contribution in [0.15, 0.2) is 48.5 Å². The van der Waals surface area contributed by atoms with Crippen LogP contribution in [0.2, 0.25) is 0 Å². The van der Waals surface area contributed by atoms with Crippen molar-refractivity contribution in [2.75, 3.05) is 0 Å². The van der Waals surface area contributed by atoms with Crippen molar-refractivity contribution in [2.45, 2.75) is 78.4 Å². The van der Waals surface area contributed by atoms with Crippen LogP contribution in [0.3, 0.4) is 0 Å². The third-order valence-electron chi connectivity index (χ3n) is 4.82. The molecule has 0 fully saturated rings. The van der Waals surface area contributed by atoms with Crippen molar-refractivity contribution in [3.63, 3.8) is 0 Å². The minimum absolute atomic E-state index is 0.0843. The van der Waals surface area contributed by atoms with Gasteiger partial charge in [0, 0.05) is 5.41 Å². The molecule has 2 rings (SSSR count). The zero-order valence-corrected chi connectivity index (χ0v) is 17.6. The average molecular weight is 355 g/mol. The third-order valence-corrected chi connectivity index (χ3v) is 4.82. The van der Waals surface area contributed by atoms with E-state index in [9.17, 15) is 0 Å². The number of rotatable bonds is 6. The summed E-state index contributed by atoms with van der Waals surface area (Å²) < 4.78 is 12.0. The molecule has 0 spiro atoms. The van der Waals surface area contributed by atoms with E-state index in [0.717, 1.165) is 17.9 Å². The Morgan fingerprint density at radius 1 is 0.615 bits per heavy atom. The van der Waals surface area contributed by atoms with Crippen LogP contribution < -0.4 is 9.47 Å². The Balaban J connectivity index is 2.19. The van der Waals surface area contributed by atoms with Gasteiger partial charge in [-0.15, -0.1) is 0 Å². The standard InChI is InChI=1S/C24H34O2/c1-9-23(5,6)26-21-16-12-19(13-17-21)24(7,8)18-10-14-20(15-11-18)25-22(2,3)4/h10-17H,9H2,1-8H3. The first-order valence-corrected chi connectivity index (χ1v) is 9.52. The highest BCUT2D eigenvalue weighted by molar-refractivity contribution is 5.42. The van der Waals surface area contributed by atoms with E-state index < -0.39 is 0 Å². The Bertz CT molecular complexity index is 701. The van der Waals surface area contributed by atoms with Crippen LogP contribution >= 0.6 is 0 Å². The van der Waals surface area contributed by atoms with Gasteiger partial charge in [-0.1, -0.05) is 45.0 Å². The van der Waals surface area contributed by atoms with Gasteiger partial charge in [-0.25, -0.2) is 0 Å². The molecule has 0 N–H and O–H groups in total. The van der Waals surface area contributed by atoms with E-state index >= 15 is 0 Å².